The lowest BCUT2D eigenvalue weighted by Gasteiger charge is -2.13. The summed E-state index contributed by atoms with van der Waals surface area (Å²) in [4.78, 5) is 28.8. The second-order valence-electron chi connectivity index (χ2n) is 5.49. The first-order chi connectivity index (χ1) is 9.75. The van der Waals surface area contributed by atoms with Crippen molar-refractivity contribution in [1.29, 1.82) is 0 Å². The Hall–Kier alpha value is -2.30. The van der Waals surface area contributed by atoms with E-state index in [9.17, 15) is 9.59 Å². The molecule has 100 valence electrons. The monoisotopic (exact) mass is 267 g/mol. The number of imide groups is 1. The number of hydrogen-bond donors (Lipinski definition) is 0. The lowest BCUT2D eigenvalue weighted by Crippen LogP contribution is -2.28. The molecule has 1 saturated carbocycles. The molecule has 5 nitrogen and oxygen atoms in total. The maximum Gasteiger partial charge on any atom is 0.254 e. The molecule has 2 amide bonds. The maximum atomic E-state index is 12.3. The molecule has 4 rings (SSSR count). The molecule has 0 aromatic carbocycles. The second-order valence-corrected chi connectivity index (χ2v) is 5.49. The summed E-state index contributed by atoms with van der Waals surface area (Å²) in [5.74, 6) is -0.280. The normalized spacial score (nSPS) is 34.5. The molecule has 1 aromatic heterocycles. The van der Waals surface area contributed by atoms with Crippen molar-refractivity contribution < 1.29 is 9.59 Å². The van der Waals surface area contributed by atoms with Crippen LogP contribution in [0.5, 0.6) is 0 Å². The van der Waals surface area contributed by atoms with Crippen LogP contribution in [-0.4, -0.2) is 28.0 Å². The van der Waals surface area contributed by atoms with E-state index in [4.69, 9.17) is 0 Å². The third-order valence-corrected chi connectivity index (χ3v) is 4.44. The summed E-state index contributed by atoms with van der Waals surface area (Å²) in [6.07, 6.45) is 8.19. The molecule has 1 aromatic rings. The van der Waals surface area contributed by atoms with Crippen LogP contribution in [0.15, 0.2) is 41.6 Å². The molecular formula is C15H13N3O2. The van der Waals surface area contributed by atoms with Gasteiger partial charge in [-0.25, -0.2) is 0 Å². The van der Waals surface area contributed by atoms with Crippen molar-refractivity contribution in [2.75, 3.05) is 0 Å². The first-order valence-electron chi connectivity index (χ1n) is 6.77. The van der Waals surface area contributed by atoms with Crippen LogP contribution in [0.1, 0.15) is 12.1 Å². The fourth-order valence-corrected chi connectivity index (χ4v) is 3.57. The van der Waals surface area contributed by atoms with E-state index >= 15 is 0 Å². The highest BCUT2D eigenvalue weighted by atomic mass is 16.2. The van der Waals surface area contributed by atoms with Crippen molar-refractivity contribution in [3.8, 4) is 0 Å². The van der Waals surface area contributed by atoms with Gasteiger partial charge in [0.2, 0.25) is 0 Å². The number of amides is 2. The Labute approximate surface area is 116 Å². The fraction of sp³-hybridized carbons (Fsp3) is 0.333. The van der Waals surface area contributed by atoms with Crippen molar-refractivity contribution in [3.05, 3.63) is 42.2 Å². The van der Waals surface area contributed by atoms with E-state index in [-0.39, 0.29) is 35.5 Å². The summed E-state index contributed by atoms with van der Waals surface area (Å²) in [6.45, 7) is 0. The Morgan fingerprint density at radius 3 is 2.45 bits per heavy atom. The lowest BCUT2D eigenvalue weighted by molar-refractivity contribution is -0.140. The van der Waals surface area contributed by atoms with Gasteiger partial charge in [-0.05, 0) is 30.4 Å². The molecule has 4 atom stereocenters. The van der Waals surface area contributed by atoms with Gasteiger partial charge in [0.15, 0.2) is 0 Å². The predicted molar refractivity (Wildman–Crippen MR) is 71.4 cm³/mol. The third-order valence-electron chi connectivity index (χ3n) is 4.44. The zero-order chi connectivity index (χ0) is 13.7. The van der Waals surface area contributed by atoms with Crippen LogP contribution in [0.4, 0.5) is 0 Å². The lowest BCUT2D eigenvalue weighted by atomic mass is 9.85. The highest BCUT2D eigenvalue weighted by Gasteiger charge is 2.59. The van der Waals surface area contributed by atoms with Crippen molar-refractivity contribution in [2.45, 2.75) is 6.42 Å². The summed E-state index contributed by atoms with van der Waals surface area (Å²) in [7, 11) is 0. The zero-order valence-corrected chi connectivity index (χ0v) is 10.7. The van der Waals surface area contributed by atoms with E-state index in [1.54, 1.807) is 18.3 Å². The highest BCUT2D eigenvalue weighted by molar-refractivity contribution is 6.06. The van der Waals surface area contributed by atoms with E-state index in [1.165, 1.54) is 6.21 Å². The van der Waals surface area contributed by atoms with Crippen molar-refractivity contribution >= 4 is 18.0 Å². The molecule has 2 heterocycles. The first kappa shape index (κ1) is 11.5. The Morgan fingerprint density at radius 2 is 1.85 bits per heavy atom. The number of allylic oxidation sites excluding steroid dienone is 2. The molecule has 1 saturated heterocycles. The predicted octanol–water partition coefficient (Wildman–Crippen LogP) is 1.22. The number of rotatable bonds is 2. The Balaban J connectivity index is 1.61. The van der Waals surface area contributed by atoms with Crippen molar-refractivity contribution in [3.63, 3.8) is 0 Å². The van der Waals surface area contributed by atoms with Gasteiger partial charge in [0.25, 0.3) is 11.8 Å². The van der Waals surface area contributed by atoms with Gasteiger partial charge in [0.05, 0.1) is 23.7 Å². The van der Waals surface area contributed by atoms with E-state index < -0.39 is 0 Å². The SMILES string of the molecule is O=C1C2C3C=CC(C3)C2C(=O)N1N=Cc1ccccn1. The van der Waals surface area contributed by atoms with Gasteiger partial charge < -0.3 is 0 Å². The van der Waals surface area contributed by atoms with E-state index in [1.807, 2.05) is 6.07 Å². The molecule has 20 heavy (non-hydrogen) atoms. The molecule has 0 spiro atoms. The number of hydrazone groups is 1. The van der Waals surface area contributed by atoms with Gasteiger partial charge in [0, 0.05) is 6.20 Å². The smallest absolute Gasteiger partial charge is 0.254 e. The summed E-state index contributed by atoms with van der Waals surface area (Å²) in [5.41, 5.74) is 0.631. The van der Waals surface area contributed by atoms with Crippen LogP contribution in [0.25, 0.3) is 0 Å². The number of nitrogens with zero attached hydrogens (tertiary/aromatic N) is 3. The number of aromatic nitrogens is 1. The molecule has 2 aliphatic carbocycles. The van der Waals surface area contributed by atoms with Gasteiger partial charge in [-0.1, -0.05) is 18.2 Å². The molecule has 3 aliphatic rings. The van der Waals surface area contributed by atoms with Gasteiger partial charge >= 0.3 is 0 Å². The maximum absolute atomic E-state index is 12.3. The average molecular weight is 267 g/mol. The van der Waals surface area contributed by atoms with Crippen LogP contribution in [0, 0.1) is 23.7 Å². The Morgan fingerprint density at radius 1 is 1.15 bits per heavy atom. The summed E-state index contributed by atoms with van der Waals surface area (Å²) in [5, 5.41) is 5.09. The van der Waals surface area contributed by atoms with Gasteiger partial charge in [-0.15, -0.1) is 0 Å². The second kappa shape index (κ2) is 4.10. The summed E-state index contributed by atoms with van der Waals surface area (Å²) >= 11 is 0. The largest absolute Gasteiger partial charge is 0.272 e. The Kier molecular flexibility index (Phi) is 2.36. The Bertz CT molecular complexity index is 608. The van der Waals surface area contributed by atoms with Gasteiger partial charge in [-0.2, -0.15) is 10.1 Å². The summed E-state index contributed by atoms with van der Waals surface area (Å²) < 4.78 is 0. The minimum atomic E-state index is -0.196. The quantitative estimate of drug-likeness (QED) is 0.460. The standard InChI is InChI=1S/C15H13N3O2/c19-14-12-9-4-5-10(7-9)13(12)15(20)18(14)17-8-11-3-1-2-6-16-11/h1-6,8-10,12-13H,7H2. The number of fused-ring (bicyclic) bond motifs is 5. The van der Waals surface area contributed by atoms with Crippen LogP contribution in [0.2, 0.25) is 0 Å². The average Bonchev–Trinajstić information content (AvgIpc) is 3.13. The van der Waals surface area contributed by atoms with E-state index in [2.05, 4.69) is 22.2 Å². The van der Waals surface area contributed by atoms with Gasteiger partial charge in [0.1, 0.15) is 0 Å². The minimum absolute atomic E-state index is 0.163. The number of carbonyl (C=O) groups excluding carboxylic acids is 2. The molecule has 2 fully saturated rings. The highest BCUT2D eigenvalue weighted by Crippen LogP contribution is 2.52. The molecular weight excluding hydrogens is 254 g/mol. The number of carbonyl (C=O) groups is 2. The molecule has 5 heteroatoms. The minimum Gasteiger partial charge on any atom is -0.272 e. The third kappa shape index (κ3) is 1.49. The van der Waals surface area contributed by atoms with E-state index in [0.29, 0.717) is 5.69 Å². The number of hydrogen-bond acceptors (Lipinski definition) is 4. The topological polar surface area (TPSA) is 62.6 Å². The van der Waals surface area contributed by atoms with Crippen molar-refractivity contribution in [1.82, 2.24) is 9.99 Å². The van der Waals surface area contributed by atoms with Crippen LogP contribution in [-0.2, 0) is 9.59 Å². The molecule has 4 unspecified atom stereocenters. The van der Waals surface area contributed by atoms with Gasteiger partial charge in [-0.3, -0.25) is 14.6 Å². The van der Waals surface area contributed by atoms with Crippen LogP contribution in [0.3, 0.4) is 0 Å². The number of pyridine rings is 1. The molecule has 0 N–H and O–H groups in total. The van der Waals surface area contributed by atoms with Crippen LogP contribution >= 0.6 is 0 Å². The van der Waals surface area contributed by atoms with E-state index in [0.717, 1.165) is 11.4 Å². The molecule has 0 radical (unpaired) electrons. The summed E-state index contributed by atoms with van der Waals surface area (Å²) in [6, 6.07) is 5.42. The fourth-order valence-electron chi connectivity index (χ4n) is 3.57. The van der Waals surface area contributed by atoms with Crippen LogP contribution < -0.4 is 0 Å². The zero-order valence-electron chi connectivity index (χ0n) is 10.7. The van der Waals surface area contributed by atoms with Crippen molar-refractivity contribution in [2.24, 2.45) is 28.8 Å². The first-order valence-corrected chi connectivity index (χ1v) is 6.77. The molecule has 2 bridgehead atoms. The molecule has 1 aliphatic heterocycles.